The van der Waals surface area contributed by atoms with Crippen LogP contribution in [0.25, 0.3) is 10.9 Å². The summed E-state index contributed by atoms with van der Waals surface area (Å²) >= 11 is -2.18. The molecule has 4 N–H and O–H groups in total. The summed E-state index contributed by atoms with van der Waals surface area (Å²) in [5.41, 5.74) is 1.78. The van der Waals surface area contributed by atoms with Crippen LogP contribution in [0.15, 0.2) is 24.4 Å². The van der Waals surface area contributed by atoms with E-state index in [0.29, 0.717) is 6.54 Å². The van der Waals surface area contributed by atoms with E-state index in [4.69, 9.17) is 5.21 Å². The van der Waals surface area contributed by atoms with Gasteiger partial charge in [-0.15, -0.1) is 0 Å². The van der Waals surface area contributed by atoms with E-state index in [1.165, 1.54) is 6.92 Å². The molecule has 1 saturated carbocycles. The van der Waals surface area contributed by atoms with Crippen molar-refractivity contribution in [2.45, 2.75) is 33.2 Å². The summed E-state index contributed by atoms with van der Waals surface area (Å²) in [5.74, 6) is 11.1. The first-order valence-electron chi connectivity index (χ1n) is 9.82. The van der Waals surface area contributed by atoms with E-state index in [1.54, 1.807) is 10.2 Å². The average molecular weight is 444 g/mol. The maximum Gasteiger partial charge on any atom is 0.250 e. The number of amides is 1. The molecule has 0 bridgehead atoms. The molecular formula is C22H25N3O5S. The molecule has 1 heterocycles. The van der Waals surface area contributed by atoms with Crippen LogP contribution in [-0.2, 0) is 22.4 Å². The maximum absolute atomic E-state index is 12.0. The number of aliphatic hydroxyl groups is 1. The van der Waals surface area contributed by atoms with E-state index in [9.17, 15) is 18.7 Å². The van der Waals surface area contributed by atoms with Crippen molar-refractivity contribution >= 4 is 27.9 Å². The van der Waals surface area contributed by atoms with Gasteiger partial charge in [0.15, 0.2) is 11.1 Å². The van der Waals surface area contributed by atoms with Gasteiger partial charge in [0.2, 0.25) is 5.91 Å². The Kier molecular flexibility index (Phi) is 6.83. The molecule has 1 aromatic carbocycles. The fourth-order valence-electron chi connectivity index (χ4n) is 3.44. The van der Waals surface area contributed by atoms with Gasteiger partial charge in [0.25, 0.3) is 0 Å². The summed E-state index contributed by atoms with van der Waals surface area (Å²) in [6.45, 7) is 4.03. The van der Waals surface area contributed by atoms with Gasteiger partial charge in [-0.25, -0.2) is 9.69 Å². The minimum Gasteiger partial charge on any atom is -0.396 e. The number of hydrogen-bond acceptors (Lipinski definition) is 5. The van der Waals surface area contributed by atoms with Crippen molar-refractivity contribution in [2.75, 3.05) is 12.4 Å². The topological polar surface area (TPSA) is 125 Å². The number of carbonyl (C=O) groups excluding carboxylic acids is 1. The molecule has 1 fully saturated rings. The molecule has 0 spiro atoms. The van der Waals surface area contributed by atoms with E-state index in [-0.39, 0.29) is 30.1 Å². The smallest absolute Gasteiger partial charge is 0.250 e. The summed E-state index contributed by atoms with van der Waals surface area (Å²) in [6.07, 6.45) is 2.93. The maximum atomic E-state index is 12.0. The second kappa shape index (κ2) is 9.21. The van der Waals surface area contributed by atoms with Gasteiger partial charge >= 0.3 is 0 Å². The van der Waals surface area contributed by atoms with E-state index in [0.717, 1.165) is 22.9 Å². The molecule has 1 aliphatic carbocycles. The van der Waals surface area contributed by atoms with Crippen LogP contribution in [0, 0.1) is 40.4 Å². The zero-order chi connectivity index (χ0) is 22.6. The molecule has 1 aliphatic rings. The Morgan fingerprint density at radius 2 is 2.23 bits per heavy atom. The molecular weight excluding hydrogens is 418 g/mol. The third-order valence-electron chi connectivity index (χ3n) is 5.79. The Labute approximate surface area is 183 Å². The van der Waals surface area contributed by atoms with E-state index >= 15 is 0 Å². The van der Waals surface area contributed by atoms with Crippen molar-refractivity contribution in [1.82, 2.24) is 15.3 Å². The number of hydroxylamine groups is 1. The van der Waals surface area contributed by atoms with Crippen molar-refractivity contribution < 1.29 is 23.9 Å². The van der Waals surface area contributed by atoms with Crippen molar-refractivity contribution in [3.8, 4) is 23.7 Å². The van der Waals surface area contributed by atoms with Crippen molar-refractivity contribution in [3.05, 3.63) is 30.0 Å². The van der Waals surface area contributed by atoms with Crippen LogP contribution in [0.3, 0.4) is 0 Å². The van der Waals surface area contributed by atoms with Gasteiger partial charge in [-0.3, -0.25) is 14.7 Å². The lowest BCUT2D eigenvalue weighted by Gasteiger charge is -2.25. The highest BCUT2D eigenvalue weighted by Gasteiger charge is 2.48. The lowest BCUT2D eigenvalue weighted by molar-refractivity contribution is -0.138. The van der Waals surface area contributed by atoms with E-state index in [2.05, 4.69) is 28.8 Å². The normalized spacial score (nSPS) is 22.4. The van der Waals surface area contributed by atoms with Gasteiger partial charge in [-0.05, 0) is 62.6 Å². The first kappa shape index (κ1) is 23.0. The summed E-state index contributed by atoms with van der Waals surface area (Å²) in [5, 5.41) is 23.5. The molecule has 0 radical (unpaired) electrons. The van der Waals surface area contributed by atoms with E-state index < -0.39 is 22.4 Å². The van der Waals surface area contributed by atoms with Crippen LogP contribution in [0.1, 0.15) is 32.3 Å². The number of aromatic nitrogens is 2. The van der Waals surface area contributed by atoms with Crippen molar-refractivity contribution in [1.29, 1.82) is 0 Å². The van der Waals surface area contributed by atoms with Crippen LogP contribution in [0.5, 0.6) is 0 Å². The van der Waals surface area contributed by atoms with Crippen LogP contribution in [0.4, 0.5) is 0 Å². The number of fused-ring (bicyclic) bond motifs is 1. The summed E-state index contributed by atoms with van der Waals surface area (Å²) < 4.78 is 22.1. The number of nitrogens with one attached hydrogen (secondary N) is 1. The minimum absolute atomic E-state index is 0.126. The largest absolute Gasteiger partial charge is 0.396 e. The number of carbonyl (C=O) groups is 1. The number of aryl methyl sites for hydroxylation is 1. The Morgan fingerprint density at radius 3 is 2.87 bits per heavy atom. The first-order valence-corrected chi connectivity index (χ1v) is 11.1. The highest BCUT2D eigenvalue weighted by atomic mass is 32.2. The Balaban J connectivity index is 1.70. The van der Waals surface area contributed by atoms with Gasteiger partial charge < -0.3 is 9.66 Å². The van der Waals surface area contributed by atoms with Gasteiger partial charge in [-0.2, -0.15) is 5.10 Å². The summed E-state index contributed by atoms with van der Waals surface area (Å²) in [4.78, 5) is 12.0. The summed E-state index contributed by atoms with van der Waals surface area (Å²) in [6, 6.07) is 5.59. The number of hydrogen-bond donors (Lipinski definition) is 4. The van der Waals surface area contributed by atoms with E-state index in [1.807, 2.05) is 31.3 Å². The molecule has 2 aromatic rings. The SMILES string of the molecule is C[C@](CCn1cc2cc(C#CC#C[C@]3(C)C[C@H]3CO)ccc2n1)(CS(=O)O)C(=O)NO. The molecule has 9 heteroatoms. The lowest BCUT2D eigenvalue weighted by atomic mass is 9.88. The standard InChI is InChI=1S/C22H25N3O5S/c1-21(12-18(21)14-26)8-4-3-5-16-6-7-19-17(11-16)13-25(23-19)10-9-22(2,15-31(29)30)20(27)24-28/h6-7,11,13,18,26,28H,9-10,12,14-15H2,1-2H3,(H,24,27)(H,29,30)/t18-,21+,22-/m0/s1. The van der Waals surface area contributed by atoms with Gasteiger partial charge in [0, 0.05) is 35.7 Å². The highest BCUT2D eigenvalue weighted by Crippen LogP contribution is 2.51. The molecule has 4 atom stereocenters. The van der Waals surface area contributed by atoms with Gasteiger partial charge in [0.1, 0.15) is 0 Å². The molecule has 1 amide bonds. The number of benzene rings is 1. The first-order chi connectivity index (χ1) is 14.7. The molecule has 1 unspecified atom stereocenters. The monoisotopic (exact) mass is 443 g/mol. The fraction of sp³-hybridized carbons (Fsp3) is 0.455. The number of aliphatic hydroxyl groups excluding tert-OH is 1. The second-order valence-corrected chi connectivity index (χ2v) is 9.32. The summed E-state index contributed by atoms with van der Waals surface area (Å²) in [7, 11) is 0. The minimum atomic E-state index is -2.18. The number of rotatable bonds is 7. The van der Waals surface area contributed by atoms with Crippen LogP contribution >= 0.6 is 0 Å². The predicted molar refractivity (Wildman–Crippen MR) is 116 cm³/mol. The predicted octanol–water partition coefficient (Wildman–Crippen LogP) is 1.53. The van der Waals surface area contributed by atoms with Crippen molar-refractivity contribution in [2.24, 2.45) is 16.7 Å². The quantitative estimate of drug-likeness (QED) is 0.223. The number of nitrogens with zero attached hydrogens (tertiary/aromatic N) is 2. The highest BCUT2D eigenvalue weighted by molar-refractivity contribution is 7.79. The van der Waals surface area contributed by atoms with Gasteiger partial charge in [-0.1, -0.05) is 11.8 Å². The molecule has 3 rings (SSSR count). The zero-order valence-electron chi connectivity index (χ0n) is 17.4. The Hall–Kier alpha value is -2.69. The molecule has 0 aliphatic heterocycles. The molecule has 31 heavy (non-hydrogen) atoms. The molecule has 0 saturated heterocycles. The third kappa shape index (κ3) is 5.52. The fourth-order valence-corrected chi connectivity index (χ4v) is 4.26. The Bertz CT molecular complexity index is 1140. The second-order valence-electron chi connectivity index (χ2n) is 8.38. The Morgan fingerprint density at radius 1 is 1.45 bits per heavy atom. The molecule has 8 nitrogen and oxygen atoms in total. The van der Waals surface area contributed by atoms with Crippen LogP contribution < -0.4 is 5.48 Å². The van der Waals surface area contributed by atoms with Crippen LogP contribution in [0.2, 0.25) is 0 Å². The third-order valence-corrected chi connectivity index (χ3v) is 6.67. The molecule has 1 aromatic heterocycles. The average Bonchev–Trinajstić information content (AvgIpc) is 3.21. The van der Waals surface area contributed by atoms with Crippen molar-refractivity contribution in [3.63, 3.8) is 0 Å². The lowest BCUT2D eigenvalue weighted by Crippen LogP contribution is -2.42. The van der Waals surface area contributed by atoms with Crippen LogP contribution in [-0.4, -0.2) is 47.1 Å². The van der Waals surface area contributed by atoms with Gasteiger partial charge in [0.05, 0.1) is 16.7 Å². The molecule has 164 valence electrons. The zero-order valence-corrected chi connectivity index (χ0v) is 18.2.